The summed E-state index contributed by atoms with van der Waals surface area (Å²) in [5.74, 6) is 0. The molecule has 2 heterocycles. The molecule has 1 aromatic heterocycles. The highest BCUT2D eigenvalue weighted by molar-refractivity contribution is 9.10. The van der Waals surface area contributed by atoms with E-state index >= 15 is 0 Å². The van der Waals surface area contributed by atoms with E-state index in [1.54, 1.807) is 6.20 Å². The zero-order valence-corrected chi connectivity index (χ0v) is 13.3. The van der Waals surface area contributed by atoms with Gasteiger partial charge >= 0.3 is 0 Å². The maximum absolute atomic E-state index is 12.1. The first-order chi connectivity index (χ1) is 9.67. The van der Waals surface area contributed by atoms with Crippen LogP contribution in [0, 0.1) is 0 Å². The summed E-state index contributed by atoms with van der Waals surface area (Å²) in [6.07, 6.45) is 3.99. The van der Waals surface area contributed by atoms with Gasteiger partial charge in [0.15, 0.2) is 0 Å². The van der Waals surface area contributed by atoms with Gasteiger partial charge in [-0.25, -0.2) is 4.68 Å². The van der Waals surface area contributed by atoms with Crippen LogP contribution in [-0.2, 0) is 6.54 Å². The molecule has 1 aromatic rings. The molecular formula is C13H21BrN4O2. The summed E-state index contributed by atoms with van der Waals surface area (Å²) < 4.78 is 1.93. The van der Waals surface area contributed by atoms with Crippen molar-refractivity contribution in [3.63, 3.8) is 0 Å². The molecule has 0 amide bonds. The summed E-state index contributed by atoms with van der Waals surface area (Å²) >= 11 is 3.37. The molecule has 6 nitrogen and oxygen atoms in total. The summed E-state index contributed by atoms with van der Waals surface area (Å²) in [5.41, 5.74) is 0.620. The molecular weight excluding hydrogens is 324 g/mol. The van der Waals surface area contributed by atoms with Gasteiger partial charge in [0.1, 0.15) is 4.47 Å². The standard InChI is InChI=1S/C13H21BrN4O2/c1-2-18-13(20)12(14)11(8-16-18)17(6-7-19)9-10-4-3-5-15-10/h8,10,15,19H,2-7,9H2,1H3. The molecule has 0 aliphatic carbocycles. The maximum atomic E-state index is 12.1. The van der Waals surface area contributed by atoms with Crippen molar-refractivity contribution in [3.05, 3.63) is 21.0 Å². The molecule has 0 radical (unpaired) electrons. The van der Waals surface area contributed by atoms with E-state index in [2.05, 4.69) is 26.3 Å². The van der Waals surface area contributed by atoms with Crippen LogP contribution in [0.2, 0.25) is 0 Å². The molecule has 20 heavy (non-hydrogen) atoms. The number of aliphatic hydroxyl groups is 1. The van der Waals surface area contributed by atoms with Crippen LogP contribution in [0.3, 0.4) is 0 Å². The number of rotatable bonds is 6. The Balaban J connectivity index is 2.24. The van der Waals surface area contributed by atoms with E-state index in [9.17, 15) is 9.90 Å². The second-order valence-electron chi connectivity index (χ2n) is 4.93. The Hall–Kier alpha value is -0.920. The number of aliphatic hydroxyl groups excluding tert-OH is 1. The largest absolute Gasteiger partial charge is 0.395 e. The summed E-state index contributed by atoms with van der Waals surface area (Å²) in [5, 5.41) is 16.8. The summed E-state index contributed by atoms with van der Waals surface area (Å²) in [4.78, 5) is 14.1. The van der Waals surface area contributed by atoms with E-state index in [0.717, 1.165) is 25.2 Å². The zero-order valence-electron chi connectivity index (χ0n) is 11.7. The highest BCUT2D eigenvalue weighted by Crippen LogP contribution is 2.22. The highest BCUT2D eigenvalue weighted by atomic mass is 79.9. The van der Waals surface area contributed by atoms with E-state index in [4.69, 9.17) is 0 Å². The van der Waals surface area contributed by atoms with Gasteiger partial charge in [-0.2, -0.15) is 5.10 Å². The van der Waals surface area contributed by atoms with E-state index in [1.165, 1.54) is 11.1 Å². The fourth-order valence-electron chi connectivity index (χ4n) is 2.51. The van der Waals surface area contributed by atoms with Gasteiger partial charge in [-0.1, -0.05) is 0 Å². The fraction of sp³-hybridized carbons (Fsp3) is 0.692. The van der Waals surface area contributed by atoms with Crippen LogP contribution < -0.4 is 15.8 Å². The van der Waals surface area contributed by atoms with Crippen LogP contribution in [0.15, 0.2) is 15.5 Å². The SMILES string of the molecule is CCn1ncc(N(CCO)CC2CCCN2)c(Br)c1=O. The second-order valence-corrected chi connectivity index (χ2v) is 5.72. The van der Waals surface area contributed by atoms with Gasteiger partial charge in [-0.15, -0.1) is 0 Å². The van der Waals surface area contributed by atoms with Crippen LogP contribution in [0.1, 0.15) is 19.8 Å². The third-order valence-electron chi connectivity index (χ3n) is 3.58. The van der Waals surface area contributed by atoms with Crippen LogP contribution in [0.25, 0.3) is 0 Å². The number of halogens is 1. The molecule has 1 aliphatic heterocycles. The van der Waals surface area contributed by atoms with Crippen molar-refractivity contribution in [1.29, 1.82) is 0 Å². The van der Waals surface area contributed by atoms with Crippen molar-refractivity contribution < 1.29 is 5.11 Å². The molecule has 1 unspecified atom stereocenters. The minimum Gasteiger partial charge on any atom is -0.395 e. The van der Waals surface area contributed by atoms with E-state index < -0.39 is 0 Å². The van der Waals surface area contributed by atoms with Crippen LogP contribution >= 0.6 is 15.9 Å². The molecule has 0 aromatic carbocycles. The van der Waals surface area contributed by atoms with Gasteiger partial charge in [0.25, 0.3) is 5.56 Å². The van der Waals surface area contributed by atoms with E-state index in [1.807, 2.05) is 11.8 Å². The molecule has 0 spiro atoms. The van der Waals surface area contributed by atoms with E-state index in [-0.39, 0.29) is 12.2 Å². The third-order valence-corrected chi connectivity index (χ3v) is 4.33. The minimum absolute atomic E-state index is 0.0516. The van der Waals surface area contributed by atoms with Crippen molar-refractivity contribution in [2.24, 2.45) is 0 Å². The first kappa shape index (κ1) is 15.5. The van der Waals surface area contributed by atoms with Crippen molar-refractivity contribution in [1.82, 2.24) is 15.1 Å². The van der Waals surface area contributed by atoms with Crippen LogP contribution in [0.5, 0.6) is 0 Å². The maximum Gasteiger partial charge on any atom is 0.283 e. The monoisotopic (exact) mass is 344 g/mol. The Morgan fingerprint density at radius 2 is 2.45 bits per heavy atom. The van der Waals surface area contributed by atoms with Crippen LogP contribution in [-0.4, -0.2) is 47.2 Å². The quantitative estimate of drug-likeness (QED) is 0.789. The first-order valence-corrected chi connectivity index (χ1v) is 7.81. The predicted octanol–water partition coefficient (Wildman–Crippen LogP) is 0.576. The lowest BCUT2D eigenvalue weighted by Crippen LogP contribution is -2.40. The Kier molecular flexibility index (Phi) is 5.56. The minimum atomic E-state index is -0.132. The number of nitrogens with one attached hydrogen (secondary N) is 1. The number of aryl methyl sites for hydroxylation is 1. The van der Waals surface area contributed by atoms with Gasteiger partial charge in [-0.05, 0) is 42.2 Å². The molecule has 2 rings (SSSR count). The number of aromatic nitrogens is 2. The highest BCUT2D eigenvalue weighted by Gasteiger charge is 2.21. The average molecular weight is 345 g/mol. The Bertz CT molecular complexity index is 500. The second kappa shape index (κ2) is 7.19. The molecule has 1 atom stereocenters. The molecule has 0 bridgehead atoms. The van der Waals surface area contributed by atoms with Gasteiger partial charge in [-0.3, -0.25) is 4.79 Å². The van der Waals surface area contributed by atoms with E-state index in [0.29, 0.717) is 23.6 Å². The lowest BCUT2D eigenvalue weighted by Gasteiger charge is -2.27. The average Bonchev–Trinajstić information content (AvgIpc) is 2.94. The number of hydrogen-bond acceptors (Lipinski definition) is 5. The number of nitrogens with zero attached hydrogens (tertiary/aromatic N) is 3. The zero-order chi connectivity index (χ0) is 14.5. The summed E-state index contributed by atoms with van der Waals surface area (Å²) in [6.45, 7) is 4.78. The van der Waals surface area contributed by atoms with Gasteiger partial charge in [0.05, 0.1) is 18.5 Å². The van der Waals surface area contributed by atoms with Gasteiger partial charge in [0, 0.05) is 25.7 Å². The third kappa shape index (κ3) is 3.39. The van der Waals surface area contributed by atoms with Crippen molar-refractivity contribution in [2.45, 2.75) is 32.4 Å². The fourth-order valence-corrected chi connectivity index (χ4v) is 3.07. The first-order valence-electron chi connectivity index (χ1n) is 7.02. The molecule has 112 valence electrons. The number of anilines is 1. The molecule has 1 saturated heterocycles. The lowest BCUT2D eigenvalue weighted by atomic mass is 10.2. The topological polar surface area (TPSA) is 70.4 Å². The number of hydrogen-bond donors (Lipinski definition) is 2. The van der Waals surface area contributed by atoms with Crippen LogP contribution in [0.4, 0.5) is 5.69 Å². The normalized spacial score (nSPS) is 18.4. The molecule has 7 heteroatoms. The molecule has 2 N–H and O–H groups in total. The summed E-state index contributed by atoms with van der Waals surface area (Å²) in [7, 11) is 0. The van der Waals surface area contributed by atoms with Crippen molar-refractivity contribution in [3.8, 4) is 0 Å². The predicted molar refractivity (Wildman–Crippen MR) is 82.2 cm³/mol. The smallest absolute Gasteiger partial charge is 0.283 e. The van der Waals surface area contributed by atoms with Gasteiger partial charge < -0.3 is 15.3 Å². The van der Waals surface area contributed by atoms with Crippen molar-refractivity contribution >= 4 is 21.6 Å². The Morgan fingerprint density at radius 1 is 1.65 bits per heavy atom. The summed E-state index contributed by atoms with van der Waals surface area (Å²) in [6, 6.07) is 0.405. The molecule has 1 fully saturated rings. The lowest BCUT2D eigenvalue weighted by molar-refractivity contribution is 0.300. The Labute approximate surface area is 126 Å². The Morgan fingerprint density at radius 3 is 3.05 bits per heavy atom. The van der Waals surface area contributed by atoms with Crippen molar-refractivity contribution in [2.75, 3.05) is 31.1 Å². The molecule has 0 saturated carbocycles. The van der Waals surface area contributed by atoms with Gasteiger partial charge in [0.2, 0.25) is 0 Å². The molecule has 1 aliphatic rings.